The van der Waals surface area contributed by atoms with Gasteiger partial charge in [-0.15, -0.1) is 11.3 Å². The Hall–Kier alpha value is -2.05. The molecule has 1 amide bonds. The van der Waals surface area contributed by atoms with Crippen LogP contribution in [0.2, 0.25) is 0 Å². The molecule has 2 aromatic rings. The molecule has 1 unspecified atom stereocenters. The SMILES string of the molecule is COc1ccccc1OCC(=O)NCC(c1cccs1)N1CCCCCC1. The second-order valence-corrected chi connectivity index (χ2v) is 7.70. The Bertz CT molecular complexity index is 697. The lowest BCUT2D eigenvalue weighted by atomic mass is 10.2. The summed E-state index contributed by atoms with van der Waals surface area (Å²) in [6.07, 6.45) is 5.05. The van der Waals surface area contributed by atoms with E-state index < -0.39 is 0 Å². The number of methoxy groups -OCH3 is 1. The third kappa shape index (κ3) is 5.71. The number of carbonyl (C=O) groups excluding carboxylic acids is 1. The molecule has 0 bridgehead atoms. The predicted octanol–water partition coefficient (Wildman–Crippen LogP) is 3.87. The molecule has 1 aliphatic heterocycles. The molecule has 3 rings (SSSR count). The van der Waals surface area contributed by atoms with Gasteiger partial charge in [-0.2, -0.15) is 0 Å². The van der Waals surface area contributed by atoms with Gasteiger partial charge in [-0.25, -0.2) is 0 Å². The minimum Gasteiger partial charge on any atom is -0.493 e. The normalized spacial score (nSPS) is 16.3. The molecule has 0 aliphatic carbocycles. The molecule has 2 heterocycles. The summed E-state index contributed by atoms with van der Waals surface area (Å²) in [4.78, 5) is 16.2. The highest BCUT2D eigenvalue weighted by Crippen LogP contribution is 2.27. The number of benzene rings is 1. The quantitative estimate of drug-likeness (QED) is 0.746. The minimum absolute atomic E-state index is 0.0163. The van der Waals surface area contributed by atoms with Crippen LogP contribution in [0.25, 0.3) is 0 Å². The van der Waals surface area contributed by atoms with Crippen LogP contribution in [-0.2, 0) is 4.79 Å². The molecule has 1 atom stereocenters. The number of ether oxygens (including phenoxy) is 2. The highest BCUT2D eigenvalue weighted by molar-refractivity contribution is 7.10. The first-order valence-corrected chi connectivity index (χ1v) is 10.5. The summed E-state index contributed by atoms with van der Waals surface area (Å²) in [6, 6.07) is 11.8. The van der Waals surface area contributed by atoms with Gasteiger partial charge >= 0.3 is 0 Å². The van der Waals surface area contributed by atoms with E-state index in [1.165, 1.54) is 30.6 Å². The molecular weight excluding hydrogens is 360 g/mol. The van der Waals surface area contributed by atoms with Crippen molar-refractivity contribution in [2.75, 3.05) is 33.4 Å². The maximum absolute atomic E-state index is 12.3. The number of likely N-dealkylation sites (tertiary alicyclic amines) is 1. The van der Waals surface area contributed by atoms with Crippen molar-refractivity contribution >= 4 is 17.2 Å². The van der Waals surface area contributed by atoms with Gasteiger partial charge in [0.25, 0.3) is 5.91 Å². The Morgan fingerprint density at radius 2 is 1.85 bits per heavy atom. The van der Waals surface area contributed by atoms with E-state index in [4.69, 9.17) is 9.47 Å². The van der Waals surface area contributed by atoms with Gasteiger partial charge in [0, 0.05) is 11.4 Å². The smallest absolute Gasteiger partial charge is 0.258 e. The summed E-state index contributed by atoms with van der Waals surface area (Å²) >= 11 is 1.76. The summed E-state index contributed by atoms with van der Waals surface area (Å²) in [7, 11) is 1.59. The zero-order valence-corrected chi connectivity index (χ0v) is 16.7. The molecule has 27 heavy (non-hydrogen) atoms. The maximum atomic E-state index is 12.3. The van der Waals surface area contributed by atoms with E-state index in [1.54, 1.807) is 24.5 Å². The lowest BCUT2D eigenvalue weighted by molar-refractivity contribution is -0.123. The van der Waals surface area contributed by atoms with Crippen LogP contribution in [0.4, 0.5) is 0 Å². The summed E-state index contributed by atoms with van der Waals surface area (Å²) in [5.41, 5.74) is 0. The number of hydrogen-bond acceptors (Lipinski definition) is 5. The molecule has 1 fully saturated rings. The third-order valence-electron chi connectivity index (χ3n) is 4.87. The second kappa shape index (κ2) is 10.3. The number of nitrogens with zero attached hydrogens (tertiary/aromatic N) is 1. The number of hydrogen-bond donors (Lipinski definition) is 1. The standard InChI is InChI=1S/C21H28N2O3S/c1-25-18-9-4-5-10-19(18)26-16-21(24)22-15-17(20-11-8-14-27-20)23-12-6-2-3-7-13-23/h4-5,8-11,14,17H,2-3,6-7,12-13,15-16H2,1H3,(H,22,24). The molecule has 0 spiro atoms. The zero-order chi connectivity index (χ0) is 18.9. The van der Waals surface area contributed by atoms with Crippen molar-refractivity contribution < 1.29 is 14.3 Å². The van der Waals surface area contributed by atoms with Crippen LogP contribution >= 0.6 is 11.3 Å². The average Bonchev–Trinajstić information content (AvgIpc) is 3.09. The van der Waals surface area contributed by atoms with Gasteiger partial charge in [0.05, 0.1) is 13.2 Å². The van der Waals surface area contributed by atoms with E-state index in [9.17, 15) is 4.79 Å². The summed E-state index contributed by atoms with van der Waals surface area (Å²) in [5, 5.41) is 5.16. The molecule has 146 valence electrons. The molecule has 6 heteroatoms. The number of carbonyl (C=O) groups is 1. The van der Waals surface area contributed by atoms with Crippen LogP contribution in [0.3, 0.4) is 0 Å². The molecule has 5 nitrogen and oxygen atoms in total. The Morgan fingerprint density at radius 1 is 1.11 bits per heavy atom. The van der Waals surface area contributed by atoms with Gasteiger partial charge in [-0.1, -0.05) is 31.0 Å². The van der Waals surface area contributed by atoms with E-state index in [1.807, 2.05) is 18.2 Å². The number of rotatable bonds is 8. The molecule has 0 saturated carbocycles. The molecule has 1 N–H and O–H groups in total. The maximum Gasteiger partial charge on any atom is 0.258 e. The first-order chi connectivity index (χ1) is 13.3. The Balaban J connectivity index is 1.55. The Labute approximate surface area is 165 Å². The highest BCUT2D eigenvalue weighted by atomic mass is 32.1. The van der Waals surface area contributed by atoms with Crippen LogP contribution in [0.5, 0.6) is 11.5 Å². The van der Waals surface area contributed by atoms with Gasteiger partial charge in [0.15, 0.2) is 18.1 Å². The van der Waals surface area contributed by atoms with E-state index in [0.29, 0.717) is 18.0 Å². The second-order valence-electron chi connectivity index (χ2n) is 6.73. The van der Waals surface area contributed by atoms with E-state index in [0.717, 1.165) is 13.1 Å². The molecule has 1 aromatic carbocycles. The topological polar surface area (TPSA) is 50.8 Å². The van der Waals surface area contributed by atoms with Crippen molar-refractivity contribution in [1.29, 1.82) is 0 Å². The monoisotopic (exact) mass is 388 g/mol. The molecular formula is C21H28N2O3S. The van der Waals surface area contributed by atoms with Gasteiger partial charge in [-0.3, -0.25) is 9.69 Å². The van der Waals surface area contributed by atoms with Crippen LogP contribution in [-0.4, -0.2) is 44.2 Å². The summed E-state index contributed by atoms with van der Waals surface area (Å²) in [6.45, 7) is 2.78. The first-order valence-electron chi connectivity index (χ1n) is 9.58. The number of amides is 1. The van der Waals surface area contributed by atoms with Crippen LogP contribution in [0, 0.1) is 0 Å². The van der Waals surface area contributed by atoms with Gasteiger partial charge in [-0.05, 0) is 49.5 Å². The predicted molar refractivity (Wildman–Crippen MR) is 109 cm³/mol. The largest absolute Gasteiger partial charge is 0.493 e. The van der Waals surface area contributed by atoms with Crippen molar-refractivity contribution in [3.8, 4) is 11.5 Å². The third-order valence-corrected chi connectivity index (χ3v) is 5.85. The number of thiophene rings is 1. The highest BCUT2D eigenvalue weighted by Gasteiger charge is 2.23. The lowest BCUT2D eigenvalue weighted by Gasteiger charge is -2.30. The fourth-order valence-corrected chi connectivity index (χ4v) is 4.30. The van der Waals surface area contributed by atoms with Crippen molar-refractivity contribution in [3.05, 3.63) is 46.7 Å². The van der Waals surface area contributed by atoms with Crippen molar-refractivity contribution in [2.45, 2.75) is 31.7 Å². The molecule has 1 saturated heterocycles. The average molecular weight is 389 g/mol. The van der Waals surface area contributed by atoms with E-state index in [-0.39, 0.29) is 18.6 Å². The Kier molecular flexibility index (Phi) is 7.54. The Morgan fingerprint density at radius 3 is 2.52 bits per heavy atom. The van der Waals surface area contributed by atoms with E-state index >= 15 is 0 Å². The van der Waals surface area contributed by atoms with Crippen molar-refractivity contribution in [3.63, 3.8) is 0 Å². The number of para-hydroxylation sites is 2. The summed E-state index contributed by atoms with van der Waals surface area (Å²) in [5.74, 6) is 1.10. The molecule has 1 aliphatic rings. The minimum atomic E-state index is -0.114. The van der Waals surface area contributed by atoms with Crippen LogP contribution < -0.4 is 14.8 Å². The van der Waals surface area contributed by atoms with Crippen LogP contribution in [0.1, 0.15) is 36.6 Å². The van der Waals surface area contributed by atoms with Gasteiger partial charge in [0.2, 0.25) is 0 Å². The van der Waals surface area contributed by atoms with E-state index in [2.05, 4.69) is 27.7 Å². The first kappa shape index (κ1) is 19.7. The van der Waals surface area contributed by atoms with Crippen LogP contribution in [0.15, 0.2) is 41.8 Å². The molecule has 0 radical (unpaired) electrons. The van der Waals surface area contributed by atoms with Crippen molar-refractivity contribution in [2.24, 2.45) is 0 Å². The zero-order valence-electron chi connectivity index (χ0n) is 15.9. The fourth-order valence-electron chi connectivity index (χ4n) is 3.44. The summed E-state index contributed by atoms with van der Waals surface area (Å²) < 4.78 is 10.9. The lowest BCUT2D eigenvalue weighted by Crippen LogP contribution is -2.39. The van der Waals surface area contributed by atoms with Gasteiger partial charge < -0.3 is 14.8 Å². The molecule has 1 aromatic heterocycles. The van der Waals surface area contributed by atoms with Gasteiger partial charge in [0.1, 0.15) is 0 Å². The van der Waals surface area contributed by atoms with Crippen molar-refractivity contribution in [1.82, 2.24) is 10.2 Å². The number of nitrogens with one attached hydrogen (secondary N) is 1. The fraction of sp³-hybridized carbons (Fsp3) is 0.476.